The van der Waals surface area contributed by atoms with Crippen molar-refractivity contribution in [3.63, 3.8) is 0 Å². The van der Waals surface area contributed by atoms with Crippen LogP contribution >= 0.6 is 11.6 Å². The van der Waals surface area contributed by atoms with E-state index in [1.54, 1.807) is 0 Å². The van der Waals surface area contributed by atoms with Crippen LogP contribution in [0.5, 0.6) is 0 Å². The molecule has 0 aromatic heterocycles. The van der Waals surface area contributed by atoms with Crippen molar-refractivity contribution in [2.45, 2.75) is 33.2 Å². The number of alkyl halides is 1. The fourth-order valence-electron chi connectivity index (χ4n) is 1.00. The van der Waals surface area contributed by atoms with Crippen molar-refractivity contribution in [3.05, 3.63) is 11.1 Å². The molecule has 4 heteroatoms. The minimum absolute atomic E-state index is 0.211. The maximum absolute atomic E-state index is 10.8. The summed E-state index contributed by atoms with van der Waals surface area (Å²) in [5, 5.41) is 0. The Labute approximate surface area is 85.1 Å². The van der Waals surface area contributed by atoms with Gasteiger partial charge in [-0.25, -0.2) is 0 Å². The van der Waals surface area contributed by atoms with Crippen LogP contribution in [-0.4, -0.2) is 18.3 Å². The number of halogens is 1. The first-order chi connectivity index (χ1) is 6.00. The molecule has 0 aliphatic heterocycles. The van der Waals surface area contributed by atoms with E-state index in [9.17, 15) is 4.79 Å². The van der Waals surface area contributed by atoms with Crippen LogP contribution in [0, 0.1) is 0 Å². The van der Waals surface area contributed by atoms with Crippen LogP contribution in [0.25, 0.3) is 0 Å². The molecule has 4 N–H and O–H groups in total. The Morgan fingerprint density at radius 1 is 1.38 bits per heavy atom. The summed E-state index contributed by atoms with van der Waals surface area (Å²) in [6.07, 6.45) is 2.21. The molecule has 13 heavy (non-hydrogen) atoms. The van der Waals surface area contributed by atoms with Gasteiger partial charge in [-0.1, -0.05) is 12.5 Å². The largest absolute Gasteiger partial charge is 0.366 e. The highest BCUT2D eigenvalue weighted by molar-refractivity contribution is 6.15. The molecule has 0 rings (SSSR count). The second-order valence-electron chi connectivity index (χ2n) is 2.79. The number of carbonyl (C=O) groups is 1. The molecule has 0 fully saturated rings. The van der Waals surface area contributed by atoms with E-state index in [2.05, 4.69) is 11.6 Å². The standard InChI is InChI=1S/C8H16N2O.CH3Cl/c1-4-6(9)7(5(2)3)8(10)11;1-2/h6H,4,9H2,1-3H3,(H2,10,11);1H3. The molecule has 78 valence electrons. The lowest BCUT2D eigenvalue weighted by Gasteiger charge is -2.12. The maximum atomic E-state index is 10.8. The number of carbonyl (C=O) groups excluding carboxylic acids is 1. The molecule has 0 radical (unpaired) electrons. The average molecular weight is 207 g/mol. The highest BCUT2D eigenvalue weighted by Gasteiger charge is 2.13. The summed E-state index contributed by atoms with van der Waals surface area (Å²) >= 11 is 4.64. The maximum Gasteiger partial charge on any atom is 0.246 e. The van der Waals surface area contributed by atoms with Crippen molar-refractivity contribution in [2.75, 3.05) is 6.38 Å². The third-order valence-electron chi connectivity index (χ3n) is 1.61. The van der Waals surface area contributed by atoms with Gasteiger partial charge in [0.1, 0.15) is 0 Å². The lowest BCUT2D eigenvalue weighted by molar-refractivity contribution is -0.114. The average Bonchev–Trinajstić information content (AvgIpc) is 2.06. The number of allylic oxidation sites excluding steroid dienone is 1. The third-order valence-corrected chi connectivity index (χ3v) is 1.61. The van der Waals surface area contributed by atoms with Crippen molar-refractivity contribution >= 4 is 17.5 Å². The van der Waals surface area contributed by atoms with E-state index in [1.165, 1.54) is 6.38 Å². The monoisotopic (exact) mass is 206 g/mol. The van der Waals surface area contributed by atoms with Crippen molar-refractivity contribution in [2.24, 2.45) is 11.5 Å². The summed E-state index contributed by atoms with van der Waals surface area (Å²) in [6.45, 7) is 5.61. The fraction of sp³-hybridized carbons (Fsp3) is 0.667. The predicted octanol–water partition coefficient (Wildman–Crippen LogP) is 1.40. The first-order valence-electron chi connectivity index (χ1n) is 4.11. The second-order valence-corrected chi connectivity index (χ2v) is 2.79. The van der Waals surface area contributed by atoms with Crippen molar-refractivity contribution in [1.82, 2.24) is 0 Å². The Hall–Kier alpha value is -0.540. The van der Waals surface area contributed by atoms with Gasteiger partial charge in [0.05, 0.1) is 0 Å². The topological polar surface area (TPSA) is 69.1 Å². The van der Waals surface area contributed by atoms with Gasteiger partial charge < -0.3 is 11.5 Å². The van der Waals surface area contributed by atoms with Gasteiger partial charge in [0.25, 0.3) is 0 Å². The van der Waals surface area contributed by atoms with Crippen molar-refractivity contribution in [3.8, 4) is 0 Å². The highest BCUT2D eigenvalue weighted by atomic mass is 35.5. The van der Waals surface area contributed by atoms with E-state index in [0.29, 0.717) is 5.57 Å². The Morgan fingerprint density at radius 3 is 1.85 bits per heavy atom. The highest BCUT2D eigenvalue weighted by Crippen LogP contribution is 2.08. The zero-order valence-corrected chi connectivity index (χ0v) is 9.48. The summed E-state index contributed by atoms with van der Waals surface area (Å²) in [4.78, 5) is 10.8. The van der Waals surface area contributed by atoms with Gasteiger partial charge in [-0.3, -0.25) is 4.79 Å². The van der Waals surface area contributed by atoms with E-state index in [-0.39, 0.29) is 6.04 Å². The van der Waals surface area contributed by atoms with Gasteiger partial charge in [-0.15, -0.1) is 11.6 Å². The van der Waals surface area contributed by atoms with Crippen molar-refractivity contribution in [1.29, 1.82) is 0 Å². The first kappa shape index (κ1) is 15.0. The SMILES string of the molecule is CCC(N)C(C(N)=O)=C(C)C.CCl. The van der Waals surface area contributed by atoms with Crippen LogP contribution in [0.1, 0.15) is 27.2 Å². The smallest absolute Gasteiger partial charge is 0.246 e. The zero-order chi connectivity index (χ0) is 11.0. The van der Waals surface area contributed by atoms with E-state index in [0.717, 1.165) is 12.0 Å². The summed E-state index contributed by atoms with van der Waals surface area (Å²) in [5.74, 6) is -0.403. The van der Waals surface area contributed by atoms with Gasteiger partial charge in [0.15, 0.2) is 0 Å². The van der Waals surface area contributed by atoms with Crippen LogP contribution in [0.3, 0.4) is 0 Å². The molecule has 1 atom stereocenters. The summed E-state index contributed by atoms with van der Waals surface area (Å²) in [6, 6.07) is -0.211. The molecule has 0 aliphatic carbocycles. The van der Waals surface area contributed by atoms with Gasteiger partial charge in [-0.05, 0) is 20.3 Å². The molecule has 0 saturated heterocycles. The Kier molecular flexibility index (Phi) is 9.29. The van der Waals surface area contributed by atoms with Crippen LogP contribution in [-0.2, 0) is 4.79 Å². The van der Waals surface area contributed by atoms with Gasteiger partial charge >= 0.3 is 0 Å². The van der Waals surface area contributed by atoms with Gasteiger partial charge in [0, 0.05) is 18.0 Å². The summed E-state index contributed by atoms with van der Waals surface area (Å²) in [5.41, 5.74) is 12.3. The van der Waals surface area contributed by atoms with Gasteiger partial charge in [0.2, 0.25) is 5.91 Å². The molecule has 0 heterocycles. The Morgan fingerprint density at radius 2 is 1.77 bits per heavy atom. The lowest BCUT2D eigenvalue weighted by atomic mass is 10.0. The molecule has 1 amide bonds. The zero-order valence-electron chi connectivity index (χ0n) is 8.73. The van der Waals surface area contributed by atoms with Gasteiger partial charge in [-0.2, -0.15) is 0 Å². The molecule has 0 aliphatic rings. The summed E-state index contributed by atoms with van der Waals surface area (Å²) < 4.78 is 0. The first-order valence-corrected chi connectivity index (χ1v) is 4.86. The van der Waals surface area contributed by atoms with Crippen LogP contribution < -0.4 is 11.5 Å². The molecule has 0 aromatic rings. The predicted molar refractivity (Wildman–Crippen MR) is 57.6 cm³/mol. The minimum Gasteiger partial charge on any atom is -0.366 e. The van der Waals surface area contributed by atoms with Crippen LogP contribution in [0.4, 0.5) is 0 Å². The molecule has 0 saturated carbocycles. The molecule has 0 aromatic carbocycles. The molecular weight excluding hydrogens is 188 g/mol. The number of hydrogen-bond donors (Lipinski definition) is 2. The fourth-order valence-corrected chi connectivity index (χ4v) is 1.00. The number of hydrogen-bond acceptors (Lipinski definition) is 2. The third kappa shape index (κ3) is 5.66. The van der Waals surface area contributed by atoms with Crippen LogP contribution in [0.15, 0.2) is 11.1 Å². The summed E-state index contributed by atoms with van der Waals surface area (Å²) in [7, 11) is 0. The van der Waals surface area contributed by atoms with E-state index in [1.807, 2.05) is 20.8 Å². The minimum atomic E-state index is -0.403. The molecule has 1 unspecified atom stereocenters. The van der Waals surface area contributed by atoms with E-state index >= 15 is 0 Å². The quantitative estimate of drug-likeness (QED) is 0.542. The van der Waals surface area contributed by atoms with E-state index < -0.39 is 5.91 Å². The number of rotatable bonds is 3. The molecule has 0 bridgehead atoms. The molecule has 3 nitrogen and oxygen atoms in total. The lowest BCUT2D eigenvalue weighted by Crippen LogP contribution is -2.31. The molecule has 0 spiro atoms. The Balaban J connectivity index is 0. The Bertz CT molecular complexity index is 186. The normalized spacial score (nSPS) is 10.9. The van der Waals surface area contributed by atoms with Crippen molar-refractivity contribution < 1.29 is 4.79 Å². The van der Waals surface area contributed by atoms with Crippen LogP contribution in [0.2, 0.25) is 0 Å². The second kappa shape index (κ2) is 8.08. The molecular formula is C9H19ClN2O. The number of primary amides is 1. The number of nitrogens with two attached hydrogens (primary N) is 2. The number of amides is 1. The van der Waals surface area contributed by atoms with E-state index in [4.69, 9.17) is 11.5 Å².